The lowest BCUT2D eigenvalue weighted by molar-refractivity contribution is -0.125. The maximum Gasteiger partial charge on any atom is 0.264 e. The minimum atomic E-state index is -2.98. The average molecular weight is 479 g/mol. The van der Waals surface area contributed by atoms with Crippen LogP contribution in [0.15, 0.2) is 34.0 Å². The Balaban J connectivity index is 1.49. The molecule has 0 radical (unpaired) electrons. The van der Waals surface area contributed by atoms with Gasteiger partial charge in [0, 0.05) is 57.0 Å². The number of hydrogen-bond acceptors (Lipinski definition) is 7. The van der Waals surface area contributed by atoms with Crippen molar-refractivity contribution in [1.82, 2.24) is 25.0 Å². The summed E-state index contributed by atoms with van der Waals surface area (Å²) < 4.78 is 35.3. The molecule has 0 unspecified atom stereocenters. The summed E-state index contributed by atoms with van der Waals surface area (Å²) in [6.45, 7) is 4.48. The Morgan fingerprint density at radius 1 is 1.29 bits per heavy atom. The van der Waals surface area contributed by atoms with Crippen molar-refractivity contribution >= 4 is 11.7 Å². The highest BCUT2D eigenvalue weighted by atomic mass is 19.3. The van der Waals surface area contributed by atoms with Gasteiger partial charge in [-0.1, -0.05) is 0 Å². The normalized spacial score (nSPS) is 22.3. The molecule has 2 atom stereocenters. The number of hydrogen-bond donors (Lipinski definition) is 3. The SMILES string of the molecule is C[C@@H](C(=O)Nc1ccc(=O)[nH]n1)N1CCC(F)(F)[C@@H](c2c[nH]c(=O)c(CN3CCOCC3)c2)C1. The zero-order valence-electron chi connectivity index (χ0n) is 18.9. The average Bonchev–Trinajstić information content (AvgIpc) is 2.82. The van der Waals surface area contributed by atoms with Gasteiger partial charge in [-0.15, -0.1) is 0 Å². The van der Waals surface area contributed by atoms with Crippen molar-refractivity contribution in [3.05, 3.63) is 56.2 Å². The maximum absolute atomic E-state index is 15.0. The van der Waals surface area contributed by atoms with Crippen molar-refractivity contribution in [1.29, 1.82) is 0 Å². The number of piperidine rings is 1. The molecule has 2 aromatic heterocycles. The zero-order valence-corrected chi connectivity index (χ0v) is 18.9. The highest BCUT2D eigenvalue weighted by Crippen LogP contribution is 2.40. The molecule has 0 saturated carbocycles. The number of ether oxygens (including phenoxy) is 1. The van der Waals surface area contributed by atoms with Crippen molar-refractivity contribution < 1.29 is 18.3 Å². The summed E-state index contributed by atoms with van der Waals surface area (Å²) in [7, 11) is 0. The summed E-state index contributed by atoms with van der Waals surface area (Å²) in [6, 6.07) is 3.45. The first kappa shape index (κ1) is 24.2. The smallest absolute Gasteiger partial charge is 0.264 e. The molecule has 34 heavy (non-hydrogen) atoms. The largest absolute Gasteiger partial charge is 0.379 e. The minimum absolute atomic E-state index is 0.0428. The van der Waals surface area contributed by atoms with Gasteiger partial charge < -0.3 is 15.0 Å². The predicted octanol–water partition coefficient (Wildman–Crippen LogP) is 0.742. The van der Waals surface area contributed by atoms with Crippen molar-refractivity contribution in [2.45, 2.75) is 37.8 Å². The van der Waals surface area contributed by atoms with E-state index in [4.69, 9.17) is 4.74 Å². The minimum Gasteiger partial charge on any atom is -0.379 e. The van der Waals surface area contributed by atoms with Gasteiger partial charge in [-0.05, 0) is 24.6 Å². The number of H-pyrrole nitrogens is 2. The number of carbonyl (C=O) groups is 1. The lowest BCUT2D eigenvalue weighted by Crippen LogP contribution is -2.52. The molecular weight excluding hydrogens is 450 g/mol. The molecule has 0 spiro atoms. The lowest BCUT2D eigenvalue weighted by Gasteiger charge is -2.40. The summed E-state index contributed by atoms with van der Waals surface area (Å²) in [5.74, 6) is -4.41. The van der Waals surface area contributed by atoms with E-state index in [1.54, 1.807) is 17.9 Å². The van der Waals surface area contributed by atoms with E-state index in [9.17, 15) is 23.2 Å². The topological polar surface area (TPSA) is 123 Å². The van der Waals surface area contributed by atoms with E-state index in [0.717, 1.165) is 0 Å². The first-order valence-corrected chi connectivity index (χ1v) is 11.2. The second-order valence-corrected chi connectivity index (χ2v) is 8.71. The number of nitrogens with zero attached hydrogens (tertiary/aromatic N) is 3. The molecule has 2 fully saturated rings. The van der Waals surface area contributed by atoms with Gasteiger partial charge in [-0.3, -0.25) is 24.2 Å². The zero-order chi connectivity index (χ0) is 24.3. The van der Waals surface area contributed by atoms with Gasteiger partial charge in [0.05, 0.1) is 25.2 Å². The Bertz CT molecular complexity index is 1110. The van der Waals surface area contributed by atoms with Crippen LogP contribution in [0, 0.1) is 0 Å². The van der Waals surface area contributed by atoms with Gasteiger partial charge in [-0.2, -0.15) is 5.10 Å². The molecule has 0 bridgehead atoms. The number of halogens is 2. The number of morpholine rings is 1. The molecule has 4 heterocycles. The molecule has 2 aromatic rings. The van der Waals surface area contributed by atoms with Gasteiger partial charge in [0.1, 0.15) is 0 Å². The molecule has 4 rings (SSSR count). The van der Waals surface area contributed by atoms with Crippen LogP contribution in [0.2, 0.25) is 0 Å². The third-order valence-corrected chi connectivity index (χ3v) is 6.42. The van der Waals surface area contributed by atoms with Gasteiger partial charge in [0.15, 0.2) is 5.82 Å². The standard InChI is InChI=1S/C22H28F2N6O4/c1-14(20(32)26-18-2-3-19(31)28-27-18)30-5-4-22(23,24)17(13-30)15-10-16(21(33)25-11-15)12-29-6-8-34-9-7-29/h2-3,10-11,14,17H,4-9,12-13H2,1H3,(H,25,33)(H,28,31)(H,26,27,32)/t14-,17+/m0/s1. The predicted molar refractivity (Wildman–Crippen MR) is 120 cm³/mol. The van der Waals surface area contributed by atoms with E-state index in [0.29, 0.717) is 44.0 Å². The highest BCUT2D eigenvalue weighted by Gasteiger charge is 2.46. The van der Waals surface area contributed by atoms with Crippen LogP contribution in [0.1, 0.15) is 30.4 Å². The summed E-state index contributed by atoms with van der Waals surface area (Å²) >= 11 is 0. The van der Waals surface area contributed by atoms with Crippen LogP contribution >= 0.6 is 0 Å². The fourth-order valence-electron chi connectivity index (χ4n) is 4.31. The molecule has 3 N–H and O–H groups in total. The molecule has 12 heteroatoms. The number of aromatic amines is 2. The number of anilines is 1. The first-order valence-electron chi connectivity index (χ1n) is 11.2. The van der Waals surface area contributed by atoms with Gasteiger partial charge in [-0.25, -0.2) is 13.9 Å². The van der Waals surface area contributed by atoms with Crippen LogP contribution in [0.4, 0.5) is 14.6 Å². The molecule has 2 aliphatic rings. The maximum atomic E-state index is 15.0. The van der Waals surface area contributed by atoms with E-state index in [1.807, 2.05) is 0 Å². The summed E-state index contributed by atoms with van der Waals surface area (Å²) in [6.07, 6.45) is 0.937. The number of nitrogens with one attached hydrogen (secondary N) is 3. The number of pyridine rings is 1. The number of rotatable bonds is 6. The quantitative estimate of drug-likeness (QED) is 0.560. The van der Waals surface area contributed by atoms with E-state index in [2.05, 4.69) is 25.4 Å². The number of amides is 1. The Morgan fingerprint density at radius 2 is 2.06 bits per heavy atom. The van der Waals surface area contributed by atoms with E-state index >= 15 is 0 Å². The molecule has 10 nitrogen and oxygen atoms in total. The van der Waals surface area contributed by atoms with Crippen LogP contribution in [-0.2, 0) is 16.1 Å². The van der Waals surface area contributed by atoms with E-state index in [-0.39, 0.29) is 24.5 Å². The Kier molecular flexibility index (Phi) is 7.19. The Hall–Kier alpha value is -2.96. The lowest BCUT2D eigenvalue weighted by atomic mass is 9.86. The summed E-state index contributed by atoms with van der Waals surface area (Å²) in [5.41, 5.74) is 0.0724. The van der Waals surface area contributed by atoms with Crippen LogP contribution in [0.5, 0.6) is 0 Å². The second-order valence-electron chi connectivity index (χ2n) is 8.71. The molecule has 1 amide bonds. The molecule has 0 aromatic carbocycles. The first-order chi connectivity index (χ1) is 16.2. The monoisotopic (exact) mass is 478 g/mol. The fraction of sp³-hybridized carbons (Fsp3) is 0.545. The molecular formula is C22H28F2N6O4. The van der Waals surface area contributed by atoms with Gasteiger partial charge in [0.25, 0.3) is 17.0 Å². The summed E-state index contributed by atoms with van der Waals surface area (Å²) in [5, 5.41) is 8.56. The molecule has 2 saturated heterocycles. The van der Waals surface area contributed by atoms with Gasteiger partial charge >= 0.3 is 0 Å². The van der Waals surface area contributed by atoms with Crippen LogP contribution < -0.4 is 16.4 Å². The highest BCUT2D eigenvalue weighted by molar-refractivity contribution is 5.93. The van der Waals surface area contributed by atoms with Crippen molar-refractivity contribution in [2.24, 2.45) is 0 Å². The van der Waals surface area contributed by atoms with Crippen molar-refractivity contribution in [3.8, 4) is 0 Å². The molecule has 0 aliphatic carbocycles. The van der Waals surface area contributed by atoms with Crippen molar-refractivity contribution in [2.75, 3.05) is 44.7 Å². The Morgan fingerprint density at radius 3 is 2.76 bits per heavy atom. The number of alkyl halides is 2. The number of aromatic nitrogens is 3. The van der Waals surface area contributed by atoms with E-state index < -0.39 is 35.8 Å². The van der Waals surface area contributed by atoms with E-state index in [1.165, 1.54) is 18.3 Å². The fourth-order valence-corrected chi connectivity index (χ4v) is 4.31. The van der Waals surface area contributed by atoms with Crippen LogP contribution in [0.25, 0.3) is 0 Å². The van der Waals surface area contributed by atoms with Crippen LogP contribution in [0.3, 0.4) is 0 Å². The van der Waals surface area contributed by atoms with Crippen LogP contribution in [-0.4, -0.2) is 82.2 Å². The Labute approximate surface area is 194 Å². The number of carbonyl (C=O) groups excluding carboxylic acids is 1. The third-order valence-electron chi connectivity index (χ3n) is 6.42. The summed E-state index contributed by atoms with van der Waals surface area (Å²) in [4.78, 5) is 42.5. The molecule has 184 valence electrons. The number of likely N-dealkylation sites (tertiary alicyclic amines) is 1. The van der Waals surface area contributed by atoms with Crippen molar-refractivity contribution in [3.63, 3.8) is 0 Å². The third kappa shape index (κ3) is 5.57. The van der Waals surface area contributed by atoms with Gasteiger partial charge in [0.2, 0.25) is 5.91 Å². The molecule has 2 aliphatic heterocycles. The second kappa shape index (κ2) is 10.1.